The van der Waals surface area contributed by atoms with Crippen molar-refractivity contribution in [3.63, 3.8) is 0 Å². The molecule has 6 heteroatoms. The lowest BCUT2D eigenvalue weighted by Crippen LogP contribution is -2.49. The summed E-state index contributed by atoms with van der Waals surface area (Å²) in [7, 11) is 8.25. The maximum Gasteiger partial charge on any atom is 0.160 e. The van der Waals surface area contributed by atoms with Crippen LogP contribution in [0.2, 0.25) is 0 Å². The molecule has 0 radical (unpaired) electrons. The van der Waals surface area contributed by atoms with Crippen LogP contribution in [0.25, 0.3) is 0 Å². The molecule has 0 N–H and O–H groups in total. The standard InChI is InChI=1S/C21H26O6/c1-22-15-7-8-16-18(11-15)27-13-21(26-5,20(16)25-4)12-14-6-9-17(23-2)19(10-14)24-3/h6-11,20H,12-13H2,1-5H3/t20-,21-/m1/s1. The monoisotopic (exact) mass is 374 g/mol. The number of ether oxygens (including phenoxy) is 6. The van der Waals surface area contributed by atoms with Crippen LogP contribution in [0.4, 0.5) is 0 Å². The number of benzene rings is 2. The lowest BCUT2D eigenvalue weighted by Gasteiger charge is -2.42. The van der Waals surface area contributed by atoms with Gasteiger partial charge in [-0.2, -0.15) is 0 Å². The highest BCUT2D eigenvalue weighted by atomic mass is 16.6. The fourth-order valence-electron chi connectivity index (χ4n) is 3.60. The van der Waals surface area contributed by atoms with Crippen molar-refractivity contribution in [3.8, 4) is 23.0 Å². The molecular weight excluding hydrogens is 348 g/mol. The third-order valence-electron chi connectivity index (χ3n) is 5.05. The van der Waals surface area contributed by atoms with Gasteiger partial charge in [-0.05, 0) is 29.8 Å². The van der Waals surface area contributed by atoms with Crippen molar-refractivity contribution in [2.45, 2.75) is 18.1 Å². The molecule has 1 heterocycles. The molecule has 1 aliphatic rings. The summed E-state index contributed by atoms with van der Waals surface area (Å²) in [6.45, 7) is 0.358. The topological polar surface area (TPSA) is 55.4 Å². The first kappa shape index (κ1) is 19.3. The van der Waals surface area contributed by atoms with Gasteiger partial charge in [0, 0.05) is 32.3 Å². The maximum absolute atomic E-state index is 6.04. The maximum atomic E-state index is 6.04. The lowest BCUT2D eigenvalue weighted by atomic mass is 9.83. The molecule has 27 heavy (non-hydrogen) atoms. The Morgan fingerprint density at radius 2 is 1.70 bits per heavy atom. The summed E-state index contributed by atoms with van der Waals surface area (Å²) >= 11 is 0. The summed E-state index contributed by atoms with van der Waals surface area (Å²) in [5, 5.41) is 0. The summed E-state index contributed by atoms with van der Waals surface area (Å²) in [5.41, 5.74) is 1.31. The number of fused-ring (bicyclic) bond motifs is 1. The average molecular weight is 374 g/mol. The highest BCUT2D eigenvalue weighted by molar-refractivity contribution is 5.46. The lowest BCUT2D eigenvalue weighted by molar-refractivity contribution is -0.150. The van der Waals surface area contributed by atoms with Crippen molar-refractivity contribution in [3.05, 3.63) is 47.5 Å². The van der Waals surface area contributed by atoms with E-state index in [1.165, 1.54) is 0 Å². The summed E-state index contributed by atoms with van der Waals surface area (Å²) in [5.74, 6) is 2.86. The van der Waals surface area contributed by atoms with Gasteiger partial charge in [0.05, 0.1) is 21.3 Å². The van der Waals surface area contributed by atoms with Gasteiger partial charge in [-0.25, -0.2) is 0 Å². The Kier molecular flexibility index (Phi) is 5.77. The van der Waals surface area contributed by atoms with Gasteiger partial charge in [0.25, 0.3) is 0 Å². The van der Waals surface area contributed by atoms with Gasteiger partial charge >= 0.3 is 0 Å². The van der Waals surface area contributed by atoms with Gasteiger partial charge in [-0.1, -0.05) is 6.07 Å². The zero-order valence-corrected chi connectivity index (χ0v) is 16.4. The minimum atomic E-state index is -0.671. The van der Waals surface area contributed by atoms with Crippen LogP contribution in [0.1, 0.15) is 17.2 Å². The summed E-state index contributed by atoms with van der Waals surface area (Å²) < 4.78 is 33.9. The second-order valence-electron chi connectivity index (χ2n) is 6.44. The number of methoxy groups -OCH3 is 5. The van der Waals surface area contributed by atoms with Crippen LogP contribution in [0.3, 0.4) is 0 Å². The van der Waals surface area contributed by atoms with Crippen LogP contribution >= 0.6 is 0 Å². The van der Waals surface area contributed by atoms with Gasteiger partial charge in [0.2, 0.25) is 0 Å². The normalized spacial score (nSPS) is 21.1. The molecule has 6 nitrogen and oxygen atoms in total. The summed E-state index contributed by atoms with van der Waals surface area (Å²) in [6.07, 6.45) is 0.304. The van der Waals surface area contributed by atoms with E-state index in [-0.39, 0.29) is 6.10 Å². The second kappa shape index (κ2) is 8.06. The van der Waals surface area contributed by atoms with E-state index < -0.39 is 5.60 Å². The highest BCUT2D eigenvalue weighted by Crippen LogP contribution is 2.45. The summed E-state index contributed by atoms with van der Waals surface area (Å²) in [6, 6.07) is 11.6. The van der Waals surface area contributed by atoms with Crippen LogP contribution in [0, 0.1) is 0 Å². The zero-order valence-electron chi connectivity index (χ0n) is 16.4. The number of rotatable bonds is 7. The Bertz CT molecular complexity index is 790. The molecule has 0 aliphatic carbocycles. The van der Waals surface area contributed by atoms with Crippen molar-refractivity contribution < 1.29 is 28.4 Å². The third-order valence-corrected chi connectivity index (χ3v) is 5.05. The first-order valence-electron chi connectivity index (χ1n) is 8.70. The first-order valence-corrected chi connectivity index (χ1v) is 8.70. The molecule has 2 atom stereocenters. The van der Waals surface area contributed by atoms with E-state index in [0.717, 1.165) is 22.6 Å². The molecule has 0 fully saturated rings. The predicted molar refractivity (Wildman–Crippen MR) is 101 cm³/mol. The van der Waals surface area contributed by atoms with Crippen molar-refractivity contribution in [2.24, 2.45) is 0 Å². The van der Waals surface area contributed by atoms with Gasteiger partial charge in [0.15, 0.2) is 11.5 Å². The van der Waals surface area contributed by atoms with Crippen LogP contribution in [0.15, 0.2) is 36.4 Å². The fourth-order valence-corrected chi connectivity index (χ4v) is 3.60. The van der Waals surface area contributed by atoms with E-state index in [4.69, 9.17) is 28.4 Å². The van der Waals surface area contributed by atoms with E-state index in [1.54, 1.807) is 35.5 Å². The second-order valence-corrected chi connectivity index (χ2v) is 6.44. The molecule has 0 amide bonds. The van der Waals surface area contributed by atoms with Crippen molar-refractivity contribution >= 4 is 0 Å². The van der Waals surface area contributed by atoms with Gasteiger partial charge in [0.1, 0.15) is 29.8 Å². The van der Waals surface area contributed by atoms with E-state index in [9.17, 15) is 0 Å². The Morgan fingerprint density at radius 1 is 0.926 bits per heavy atom. The van der Waals surface area contributed by atoms with E-state index >= 15 is 0 Å². The third kappa shape index (κ3) is 3.55. The van der Waals surface area contributed by atoms with Crippen LogP contribution < -0.4 is 18.9 Å². The molecule has 0 spiro atoms. The predicted octanol–water partition coefficient (Wildman–Crippen LogP) is 3.42. The molecule has 0 saturated carbocycles. The van der Waals surface area contributed by atoms with E-state index in [0.29, 0.717) is 24.5 Å². The minimum absolute atomic E-state index is 0.287. The Balaban J connectivity index is 1.96. The molecule has 2 aromatic carbocycles. The summed E-state index contributed by atoms with van der Waals surface area (Å²) in [4.78, 5) is 0. The zero-order chi connectivity index (χ0) is 19.4. The average Bonchev–Trinajstić information content (AvgIpc) is 2.72. The van der Waals surface area contributed by atoms with Crippen molar-refractivity contribution in [1.29, 1.82) is 0 Å². The minimum Gasteiger partial charge on any atom is -0.497 e. The number of hydrogen-bond donors (Lipinski definition) is 0. The van der Waals surface area contributed by atoms with Crippen molar-refractivity contribution in [2.75, 3.05) is 42.2 Å². The molecule has 0 aromatic heterocycles. The largest absolute Gasteiger partial charge is 0.497 e. The molecule has 3 rings (SSSR count). The van der Waals surface area contributed by atoms with Crippen LogP contribution in [-0.4, -0.2) is 47.8 Å². The molecule has 0 unspecified atom stereocenters. The van der Waals surface area contributed by atoms with Gasteiger partial charge < -0.3 is 28.4 Å². The highest BCUT2D eigenvalue weighted by Gasteiger charge is 2.46. The Morgan fingerprint density at radius 3 is 2.33 bits per heavy atom. The first-order chi connectivity index (χ1) is 13.1. The molecule has 0 saturated heterocycles. The quantitative estimate of drug-likeness (QED) is 0.740. The molecule has 0 bridgehead atoms. The number of hydrogen-bond acceptors (Lipinski definition) is 6. The van der Waals surface area contributed by atoms with Crippen LogP contribution in [-0.2, 0) is 15.9 Å². The molecule has 2 aromatic rings. The smallest absolute Gasteiger partial charge is 0.160 e. The molecular formula is C21H26O6. The van der Waals surface area contributed by atoms with Gasteiger partial charge in [-0.15, -0.1) is 0 Å². The Labute approximate surface area is 159 Å². The van der Waals surface area contributed by atoms with Crippen molar-refractivity contribution in [1.82, 2.24) is 0 Å². The molecule has 1 aliphatic heterocycles. The van der Waals surface area contributed by atoms with E-state index in [1.807, 2.05) is 36.4 Å². The van der Waals surface area contributed by atoms with E-state index in [2.05, 4.69) is 0 Å². The fraction of sp³-hybridized carbons (Fsp3) is 0.429. The Hall–Kier alpha value is -2.44. The van der Waals surface area contributed by atoms with Gasteiger partial charge in [-0.3, -0.25) is 0 Å². The SMILES string of the molecule is COc1ccc2c(c1)OC[C@@](Cc1ccc(OC)c(OC)c1)(OC)[C@@H]2OC. The van der Waals surface area contributed by atoms with Crippen LogP contribution in [0.5, 0.6) is 23.0 Å². The molecule has 146 valence electrons.